The number of anilines is 1. The van der Waals surface area contributed by atoms with E-state index in [-0.39, 0.29) is 35.2 Å². The van der Waals surface area contributed by atoms with E-state index in [9.17, 15) is 19.6 Å². The van der Waals surface area contributed by atoms with Gasteiger partial charge in [-0.15, -0.1) is 0 Å². The number of piperidine rings is 2. The number of carbonyl (C=O) groups excluding carboxylic acids is 3. The second kappa shape index (κ2) is 18.7. The molecule has 2 aromatic rings. The van der Waals surface area contributed by atoms with Gasteiger partial charge in [0.05, 0.1) is 18.2 Å². The van der Waals surface area contributed by atoms with Gasteiger partial charge in [-0.25, -0.2) is 0 Å². The summed E-state index contributed by atoms with van der Waals surface area (Å²) in [7, 11) is 0. The number of rotatable bonds is 18. The molecule has 2 saturated heterocycles. The van der Waals surface area contributed by atoms with Gasteiger partial charge in [-0.1, -0.05) is 39.5 Å². The molecule has 266 valence electrons. The first-order valence-electron chi connectivity index (χ1n) is 18.0. The van der Waals surface area contributed by atoms with Crippen molar-refractivity contribution in [1.29, 1.82) is 5.26 Å². The van der Waals surface area contributed by atoms with Crippen LogP contribution in [-0.2, 0) is 14.3 Å². The molecule has 2 bridgehead atoms. The average molecular weight is 674 g/mol. The van der Waals surface area contributed by atoms with Crippen molar-refractivity contribution in [2.45, 2.75) is 78.7 Å². The Labute approximate surface area is 292 Å². The summed E-state index contributed by atoms with van der Waals surface area (Å²) >= 11 is 0. The second-order valence-electron chi connectivity index (χ2n) is 14.0. The van der Waals surface area contributed by atoms with E-state index < -0.39 is 0 Å². The third kappa shape index (κ3) is 11.3. The lowest BCUT2D eigenvalue weighted by Crippen LogP contribution is -2.62. The second-order valence-corrected chi connectivity index (χ2v) is 14.0. The van der Waals surface area contributed by atoms with Crippen LogP contribution in [0.4, 0.5) is 5.69 Å². The number of benzene rings is 2. The van der Waals surface area contributed by atoms with Crippen molar-refractivity contribution in [2.75, 3.05) is 51.2 Å². The molecule has 0 radical (unpaired) electrons. The maximum atomic E-state index is 12.9. The summed E-state index contributed by atoms with van der Waals surface area (Å²) in [6.45, 7) is 12.9. The first kappa shape index (κ1) is 37.9. The van der Waals surface area contributed by atoms with Crippen LogP contribution in [0.2, 0.25) is 0 Å². The Kier molecular flexibility index (Phi) is 14.5. The van der Waals surface area contributed by atoms with Crippen LogP contribution >= 0.6 is 0 Å². The van der Waals surface area contributed by atoms with E-state index in [1.165, 1.54) is 33.1 Å². The largest absolute Gasteiger partial charge is 0.490 e. The molecule has 2 heterocycles. The quantitative estimate of drug-likeness (QED) is 0.134. The molecule has 5 unspecified atom stereocenters. The van der Waals surface area contributed by atoms with Crippen LogP contribution in [-0.4, -0.2) is 74.7 Å². The van der Waals surface area contributed by atoms with E-state index in [0.29, 0.717) is 48.2 Å². The first-order valence-corrected chi connectivity index (χ1v) is 18.0. The van der Waals surface area contributed by atoms with Crippen LogP contribution in [0.5, 0.6) is 5.75 Å². The summed E-state index contributed by atoms with van der Waals surface area (Å²) in [6.07, 6.45) is 7.24. The van der Waals surface area contributed by atoms with Crippen LogP contribution in [0.25, 0.3) is 0 Å². The molecular formula is C39H55N5O5. The van der Waals surface area contributed by atoms with Gasteiger partial charge in [0, 0.05) is 64.2 Å². The average Bonchev–Trinajstić information content (AvgIpc) is 3.08. The van der Waals surface area contributed by atoms with Crippen LogP contribution in [0.15, 0.2) is 48.5 Å². The summed E-state index contributed by atoms with van der Waals surface area (Å²) in [4.78, 5) is 38.5. The molecule has 2 fully saturated rings. The number of amides is 2. The molecule has 2 aromatic carbocycles. The topological polar surface area (TPSA) is 133 Å². The highest BCUT2D eigenvalue weighted by molar-refractivity contribution is 5.95. The number of hydrogen-bond donors (Lipinski definition) is 3. The monoisotopic (exact) mass is 673 g/mol. The van der Waals surface area contributed by atoms with Crippen molar-refractivity contribution in [3.8, 4) is 11.8 Å². The van der Waals surface area contributed by atoms with Crippen LogP contribution < -0.4 is 20.7 Å². The van der Waals surface area contributed by atoms with E-state index >= 15 is 0 Å². The van der Waals surface area contributed by atoms with Gasteiger partial charge in [0.25, 0.3) is 5.91 Å². The smallest absolute Gasteiger partial charge is 0.302 e. The van der Waals surface area contributed by atoms with Gasteiger partial charge in [0.15, 0.2) is 0 Å². The number of unbranched alkanes of at least 4 members (excludes halogenated alkanes) is 3. The standard InChI is InChI=1S/C39H55N5O5/c1-5-6-7-8-9-36(37(18-21-48-30(4)46)49-35-16-10-31(23-40)11-17-35)28(2)39-22-32(24-41-26-39)25-44(27-39)20-19-42-38(47)33-12-14-34(15-13-33)43-29(3)45/h10-17,28,32,36-37,41H,5-9,18-22,24-27H2,1-4H3,(H,42,47)(H,43,45). The predicted octanol–water partition coefficient (Wildman–Crippen LogP) is 5.78. The number of carbonyl (C=O) groups is 3. The molecule has 5 atom stereocenters. The lowest BCUT2D eigenvalue weighted by molar-refractivity contribution is -0.142. The number of ether oxygens (including phenoxy) is 2. The third-order valence-electron chi connectivity index (χ3n) is 10.3. The Bertz CT molecular complexity index is 1410. The number of fused-ring (bicyclic) bond motifs is 2. The Balaban J connectivity index is 1.48. The van der Waals surface area contributed by atoms with Crippen LogP contribution in [0, 0.1) is 34.5 Å². The first-order chi connectivity index (χ1) is 23.6. The van der Waals surface area contributed by atoms with Crippen molar-refractivity contribution in [1.82, 2.24) is 15.5 Å². The Morgan fingerprint density at radius 1 is 1.06 bits per heavy atom. The summed E-state index contributed by atoms with van der Waals surface area (Å²) in [6, 6.07) is 16.4. The van der Waals surface area contributed by atoms with Gasteiger partial charge >= 0.3 is 5.97 Å². The van der Waals surface area contributed by atoms with Crippen molar-refractivity contribution < 1.29 is 23.9 Å². The van der Waals surface area contributed by atoms with Crippen molar-refractivity contribution >= 4 is 23.5 Å². The highest BCUT2D eigenvalue weighted by Crippen LogP contribution is 2.47. The maximum Gasteiger partial charge on any atom is 0.302 e. The molecule has 2 amide bonds. The zero-order valence-corrected chi connectivity index (χ0v) is 29.8. The van der Waals surface area contributed by atoms with Gasteiger partial charge < -0.3 is 30.3 Å². The number of esters is 1. The molecule has 10 nitrogen and oxygen atoms in total. The van der Waals surface area contributed by atoms with E-state index in [2.05, 4.69) is 40.8 Å². The SMILES string of the molecule is CCCCCCC(C(CCOC(C)=O)Oc1ccc(C#N)cc1)C(C)C12CNCC(CN(CCNC(=O)c3ccc(NC(C)=O)cc3)C1)C2. The molecule has 0 aliphatic carbocycles. The van der Waals surface area contributed by atoms with E-state index in [4.69, 9.17) is 9.47 Å². The fourth-order valence-electron chi connectivity index (χ4n) is 7.85. The molecule has 2 aliphatic rings. The zero-order chi connectivity index (χ0) is 35.2. The predicted molar refractivity (Wildman–Crippen MR) is 191 cm³/mol. The molecule has 3 N–H and O–H groups in total. The minimum absolute atomic E-state index is 0.0217. The van der Waals surface area contributed by atoms with Crippen molar-refractivity contribution in [3.05, 3.63) is 59.7 Å². The Morgan fingerprint density at radius 2 is 1.82 bits per heavy atom. The van der Waals surface area contributed by atoms with Crippen molar-refractivity contribution in [3.63, 3.8) is 0 Å². The van der Waals surface area contributed by atoms with Crippen LogP contribution in [0.1, 0.15) is 88.6 Å². The van der Waals surface area contributed by atoms with Gasteiger partial charge in [-0.2, -0.15) is 5.26 Å². The Morgan fingerprint density at radius 3 is 2.49 bits per heavy atom. The molecule has 2 aliphatic heterocycles. The molecule has 0 aromatic heterocycles. The highest BCUT2D eigenvalue weighted by Gasteiger charge is 2.49. The molecule has 0 saturated carbocycles. The van der Waals surface area contributed by atoms with E-state index in [0.717, 1.165) is 57.7 Å². The van der Waals surface area contributed by atoms with Crippen LogP contribution in [0.3, 0.4) is 0 Å². The van der Waals surface area contributed by atoms with E-state index in [1.807, 2.05) is 12.1 Å². The zero-order valence-electron chi connectivity index (χ0n) is 29.8. The molecule has 0 spiro atoms. The number of nitrogens with one attached hydrogen (secondary N) is 3. The minimum atomic E-state index is -0.292. The van der Waals surface area contributed by atoms with Gasteiger partial charge in [-0.3, -0.25) is 14.4 Å². The normalized spacial score (nSPS) is 20.7. The lowest BCUT2D eigenvalue weighted by Gasteiger charge is -2.55. The summed E-state index contributed by atoms with van der Waals surface area (Å²) in [5.41, 5.74) is 1.83. The molecule has 49 heavy (non-hydrogen) atoms. The number of nitriles is 1. The number of nitrogens with zero attached hydrogens (tertiary/aromatic N) is 2. The minimum Gasteiger partial charge on any atom is -0.490 e. The summed E-state index contributed by atoms with van der Waals surface area (Å²) < 4.78 is 12.2. The van der Waals surface area contributed by atoms with Gasteiger partial charge in [0.2, 0.25) is 5.91 Å². The lowest BCUT2D eigenvalue weighted by atomic mass is 9.60. The molecule has 10 heteroatoms. The Hall–Kier alpha value is -3.94. The number of hydrogen-bond acceptors (Lipinski definition) is 8. The molecular weight excluding hydrogens is 618 g/mol. The highest BCUT2D eigenvalue weighted by atomic mass is 16.5. The van der Waals surface area contributed by atoms with Crippen molar-refractivity contribution in [2.24, 2.45) is 23.2 Å². The maximum absolute atomic E-state index is 12.9. The third-order valence-corrected chi connectivity index (χ3v) is 10.3. The van der Waals surface area contributed by atoms with Gasteiger partial charge in [0.1, 0.15) is 11.9 Å². The summed E-state index contributed by atoms with van der Waals surface area (Å²) in [5, 5.41) is 18.9. The molecule has 4 rings (SSSR count). The van der Waals surface area contributed by atoms with Gasteiger partial charge in [-0.05, 0) is 91.1 Å². The fraction of sp³-hybridized carbons (Fsp3) is 0.590. The number of likely N-dealkylation sites (tertiary alicyclic amines) is 1. The fourth-order valence-corrected chi connectivity index (χ4v) is 7.85. The summed E-state index contributed by atoms with van der Waals surface area (Å²) in [5.74, 6) is 1.21. The van der Waals surface area contributed by atoms with E-state index in [1.54, 1.807) is 36.4 Å².